The Bertz CT molecular complexity index is 975. The first-order valence-corrected chi connectivity index (χ1v) is 10.4. The lowest BCUT2D eigenvalue weighted by molar-refractivity contribution is -0.137. The highest BCUT2D eigenvalue weighted by Gasteiger charge is 2.16. The second-order valence-corrected chi connectivity index (χ2v) is 7.58. The van der Waals surface area contributed by atoms with E-state index in [4.69, 9.17) is 4.74 Å². The third-order valence-electron chi connectivity index (χ3n) is 5.45. The molecule has 5 heteroatoms. The van der Waals surface area contributed by atoms with Gasteiger partial charge in [-0.15, -0.1) is 0 Å². The monoisotopic (exact) mass is 406 g/mol. The average molecular weight is 407 g/mol. The summed E-state index contributed by atoms with van der Waals surface area (Å²) >= 11 is 0. The van der Waals surface area contributed by atoms with Crippen LogP contribution in [0.25, 0.3) is 6.08 Å². The summed E-state index contributed by atoms with van der Waals surface area (Å²) in [5.41, 5.74) is 4.41. The molecule has 0 amide bonds. The molecule has 0 aliphatic rings. The average Bonchev–Trinajstić information content (AvgIpc) is 3.02. The quantitative estimate of drug-likeness (QED) is 0.243. The topological polar surface area (TPSA) is 72.1 Å². The fourth-order valence-electron chi connectivity index (χ4n) is 3.36. The van der Waals surface area contributed by atoms with Gasteiger partial charge in [-0.25, -0.2) is 4.79 Å². The molecule has 2 aromatic rings. The summed E-state index contributed by atoms with van der Waals surface area (Å²) in [4.78, 5) is 24.7. The molecule has 1 heterocycles. The number of aromatic nitrogens is 1. The van der Waals surface area contributed by atoms with Crippen molar-refractivity contribution in [1.29, 1.82) is 5.26 Å². The van der Waals surface area contributed by atoms with E-state index >= 15 is 0 Å². The van der Waals surface area contributed by atoms with E-state index in [0.29, 0.717) is 11.5 Å². The summed E-state index contributed by atoms with van der Waals surface area (Å²) in [7, 11) is 0. The van der Waals surface area contributed by atoms with Gasteiger partial charge in [0.05, 0.1) is 0 Å². The largest absolute Gasteiger partial charge is 0.453 e. The zero-order chi connectivity index (χ0) is 22.3. The number of rotatable bonds is 9. The minimum atomic E-state index is -0.789. The summed E-state index contributed by atoms with van der Waals surface area (Å²) in [6, 6.07) is 11.2. The number of esters is 1. The van der Waals surface area contributed by atoms with Gasteiger partial charge in [0.25, 0.3) is 0 Å². The van der Waals surface area contributed by atoms with Gasteiger partial charge < -0.3 is 9.30 Å². The van der Waals surface area contributed by atoms with Crippen LogP contribution >= 0.6 is 0 Å². The van der Waals surface area contributed by atoms with Crippen LogP contribution in [0.3, 0.4) is 0 Å². The van der Waals surface area contributed by atoms with E-state index in [1.165, 1.54) is 11.6 Å². The number of benzene rings is 1. The number of ketones is 1. The third kappa shape index (κ3) is 5.48. The number of carbonyl (C=O) groups is 2. The maximum Gasteiger partial charge on any atom is 0.349 e. The molecule has 0 aliphatic heterocycles. The number of ether oxygens (including phenoxy) is 1. The number of aryl methyl sites for hydroxylation is 1. The Morgan fingerprint density at radius 2 is 1.87 bits per heavy atom. The highest BCUT2D eigenvalue weighted by molar-refractivity contribution is 6.02. The second kappa shape index (κ2) is 10.6. The smallest absolute Gasteiger partial charge is 0.349 e. The molecule has 5 nitrogen and oxygen atoms in total. The number of carbonyl (C=O) groups excluding carboxylic acids is 2. The molecule has 0 fully saturated rings. The molecule has 0 N–H and O–H groups in total. The molecule has 0 radical (unpaired) electrons. The van der Waals surface area contributed by atoms with Crippen LogP contribution in [-0.4, -0.2) is 22.9 Å². The first-order chi connectivity index (χ1) is 14.3. The fourth-order valence-corrected chi connectivity index (χ4v) is 3.36. The molecule has 158 valence electrons. The second-order valence-electron chi connectivity index (χ2n) is 7.58. The molecule has 1 atom stereocenters. The Hall–Kier alpha value is -3.13. The van der Waals surface area contributed by atoms with Crippen LogP contribution in [-0.2, 0) is 16.1 Å². The Morgan fingerprint density at radius 1 is 1.20 bits per heavy atom. The van der Waals surface area contributed by atoms with Gasteiger partial charge in [0.2, 0.25) is 0 Å². The molecular weight excluding hydrogens is 376 g/mol. The van der Waals surface area contributed by atoms with Crippen molar-refractivity contribution in [2.45, 2.75) is 59.9 Å². The number of Topliss-reactive ketones (excluding diaryl/α,β-unsaturated/α-hetero) is 1. The van der Waals surface area contributed by atoms with Gasteiger partial charge >= 0.3 is 5.97 Å². The lowest BCUT2D eigenvalue weighted by Gasteiger charge is -2.09. The first-order valence-electron chi connectivity index (χ1n) is 10.4. The summed E-state index contributed by atoms with van der Waals surface area (Å²) in [5.74, 6) is -0.658. The predicted molar refractivity (Wildman–Crippen MR) is 118 cm³/mol. The van der Waals surface area contributed by atoms with Gasteiger partial charge in [-0.05, 0) is 55.9 Å². The molecule has 0 unspecified atom stereocenters. The maximum absolute atomic E-state index is 12.4. The Kier molecular flexibility index (Phi) is 8.17. The van der Waals surface area contributed by atoms with E-state index < -0.39 is 12.6 Å². The van der Waals surface area contributed by atoms with Crippen molar-refractivity contribution < 1.29 is 14.3 Å². The van der Waals surface area contributed by atoms with Crippen LogP contribution in [0.5, 0.6) is 0 Å². The van der Waals surface area contributed by atoms with Crippen molar-refractivity contribution in [1.82, 2.24) is 4.57 Å². The van der Waals surface area contributed by atoms with Gasteiger partial charge in [-0.2, -0.15) is 5.26 Å². The third-order valence-corrected chi connectivity index (χ3v) is 5.45. The van der Waals surface area contributed by atoms with Crippen LogP contribution in [0.2, 0.25) is 0 Å². The molecule has 0 bridgehead atoms. The molecule has 0 aliphatic carbocycles. The van der Waals surface area contributed by atoms with E-state index in [1.54, 1.807) is 12.1 Å². The minimum absolute atomic E-state index is 0.119. The molecule has 0 spiro atoms. The van der Waals surface area contributed by atoms with Crippen molar-refractivity contribution in [2.75, 3.05) is 6.61 Å². The van der Waals surface area contributed by atoms with Crippen LogP contribution in [0.4, 0.5) is 0 Å². The molecule has 2 rings (SSSR count). The Balaban J connectivity index is 2.07. The normalized spacial score (nSPS) is 12.3. The SMILES string of the molecule is CCCn1c(C)cc(/C=C(\C#N)C(=O)OCC(=O)c2ccc([C@H](C)CC)cc2)c1C. The van der Waals surface area contributed by atoms with Crippen LogP contribution < -0.4 is 0 Å². The summed E-state index contributed by atoms with van der Waals surface area (Å²) in [5, 5.41) is 9.41. The number of hydrogen-bond donors (Lipinski definition) is 0. The van der Waals surface area contributed by atoms with Gasteiger partial charge in [0.15, 0.2) is 12.4 Å². The summed E-state index contributed by atoms with van der Waals surface area (Å²) < 4.78 is 7.27. The van der Waals surface area contributed by atoms with E-state index in [2.05, 4.69) is 25.3 Å². The van der Waals surface area contributed by atoms with Gasteiger partial charge in [-0.3, -0.25) is 4.79 Å². The van der Waals surface area contributed by atoms with E-state index in [9.17, 15) is 14.9 Å². The number of nitrogens with zero attached hydrogens (tertiary/aromatic N) is 2. The van der Waals surface area contributed by atoms with Crippen molar-refractivity contribution in [3.63, 3.8) is 0 Å². The molecule has 30 heavy (non-hydrogen) atoms. The van der Waals surface area contributed by atoms with Crippen molar-refractivity contribution in [3.05, 3.63) is 64.0 Å². The van der Waals surface area contributed by atoms with Crippen LogP contribution in [0.15, 0.2) is 35.9 Å². The Morgan fingerprint density at radius 3 is 2.43 bits per heavy atom. The lowest BCUT2D eigenvalue weighted by Crippen LogP contribution is -2.15. The summed E-state index contributed by atoms with van der Waals surface area (Å²) in [6.45, 7) is 10.8. The predicted octanol–water partition coefficient (Wildman–Crippen LogP) is 5.36. The van der Waals surface area contributed by atoms with Crippen LogP contribution in [0, 0.1) is 25.2 Å². The molecular formula is C25H30N2O3. The highest BCUT2D eigenvalue weighted by Crippen LogP contribution is 2.20. The van der Waals surface area contributed by atoms with E-state index in [0.717, 1.165) is 36.3 Å². The van der Waals surface area contributed by atoms with E-state index in [1.807, 2.05) is 38.1 Å². The van der Waals surface area contributed by atoms with Gasteiger partial charge in [0.1, 0.15) is 11.6 Å². The standard InChI is InChI=1S/C25H30N2O3/c1-6-12-27-18(4)13-22(19(27)5)14-23(15-26)25(29)30-16-24(28)21-10-8-20(9-11-21)17(3)7-2/h8-11,13-14,17H,6-7,12,16H2,1-5H3/b23-14+/t17-/m1/s1. The first kappa shape index (κ1) is 23.2. The van der Waals surface area contributed by atoms with Crippen molar-refractivity contribution in [3.8, 4) is 6.07 Å². The molecule has 1 aromatic heterocycles. The maximum atomic E-state index is 12.4. The van der Waals surface area contributed by atoms with Crippen molar-refractivity contribution >= 4 is 17.8 Å². The summed E-state index contributed by atoms with van der Waals surface area (Å²) in [6.07, 6.45) is 3.55. The highest BCUT2D eigenvalue weighted by atomic mass is 16.5. The van der Waals surface area contributed by atoms with Gasteiger partial charge in [0, 0.05) is 23.5 Å². The zero-order valence-corrected chi connectivity index (χ0v) is 18.5. The lowest BCUT2D eigenvalue weighted by atomic mass is 9.97. The number of nitriles is 1. The zero-order valence-electron chi connectivity index (χ0n) is 18.5. The number of hydrogen-bond acceptors (Lipinski definition) is 4. The molecule has 0 saturated heterocycles. The molecule has 0 saturated carbocycles. The Labute approximate surface area is 179 Å². The fraction of sp³-hybridized carbons (Fsp3) is 0.400. The molecule has 1 aromatic carbocycles. The minimum Gasteiger partial charge on any atom is -0.453 e. The van der Waals surface area contributed by atoms with Gasteiger partial charge in [-0.1, -0.05) is 45.0 Å². The van der Waals surface area contributed by atoms with E-state index in [-0.39, 0.29) is 11.4 Å². The van der Waals surface area contributed by atoms with Crippen molar-refractivity contribution in [2.24, 2.45) is 0 Å². The van der Waals surface area contributed by atoms with Crippen LogP contribution in [0.1, 0.15) is 72.4 Å².